The highest BCUT2D eigenvalue weighted by atomic mass is 32.2. The molecule has 30 heavy (non-hydrogen) atoms. The number of carbonyl (C=O) groups excluding carboxylic acids is 2. The molecule has 0 atom stereocenters. The molecule has 2 aromatic carbocycles. The van der Waals surface area contributed by atoms with Gasteiger partial charge in [0.15, 0.2) is 0 Å². The van der Waals surface area contributed by atoms with Crippen molar-refractivity contribution < 1.29 is 24.2 Å². The number of thioether (sulfide) groups is 1. The summed E-state index contributed by atoms with van der Waals surface area (Å²) in [6.45, 7) is 0.134. The van der Waals surface area contributed by atoms with Gasteiger partial charge in [0, 0.05) is 18.7 Å². The largest absolute Gasteiger partial charge is 0.497 e. The first kappa shape index (κ1) is 21.5. The van der Waals surface area contributed by atoms with Gasteiger partial charge >= 0.3 is 5.97 Å². The Bertz CT molecular complexity index is 1030. The predicted molar refractivity (Wildman–Crippen MR) is 120 cm³/mol. The van der Waals surface area contributed by atoms with Crippen LogP contribution < -0.4 is 10.1 Å². The van der Waals surface area contributed by atoms with Gasteiger partial charge in [0.05, 0.1) is 17.6 Å². The molecule has 2 N–H and O–H groups in total. The fourth-order valence-electron chi connectivity index (χ4n) is 2.71. The van der Waals surface area contributed by atoms with Crippen molar-refractivity contribution in [2.24, 2.45) is 0 Å². The maximum absolute atomic E-state index is 12.3. The molecule has 7 nitrogen and oxygen atoms in total. The molecule has 1 aliphatic rings. The highest BCUT2D eigenvalue weighted by Crippen LogP contribution is 2.33. The summed E-state index contributed by atoms with van der Waals surface area (Å²) in [5.41, 5.74) is 1.34. The molecule has 0 unspecified atom stereocenters. The number of nitrogens with one attached hydrogen (secondary N) is 1. The van der Waals surface area contributed by atoms with E-state index in [0.29, 0.717) is 15.6 Å². The molecule has 1 heterocycles. The third-order valence-corrected chi connectivity index (χ3v) is 5.74. The maximum atomic E-state index is 12.3. The second kappa shape index (κ2) is 9.55. The summed E-state index contributed by atoms with van der Waals surface area (Å²) in [6, 6.07) is 13.3. The lowest BCUT2D eigenvalue weighted by Crippen LogP contribution is -2.30. The Morgan fingerprint density at radius 2 is 1.97 bits per heavy atom. The zero-order valence-electron chi connectivity index (χ0n) is 16.0. The first-order chi connectivity index (χ1) is 14.4. The van der Waals surface area contributed by atoms with Crippen LogP contribution in [-0.4, -0.2) is 45.8 Å². The summed E-state index contributed by atoms with van der Waals surface area (Å²) >= 11 is 6.43. The zero-order chi connectivity index (χ0) is 21.7. The molecule has 1 fully saturated rings. The van der Waals surface area contributed by atoms with Gasteiger partial charge in [-0.05, 0) is 53.7 Å². The lowest BCUT2D eigenvalue weighted by atomic mass is 10.2. The van der Waals surface area contributed by atoms with Crippen molar-refractivity contribution in [1.82, 2.24) is 4.90 Å². The second-order valence-corrected chi connectivity index (χ2v) is 7.67. The van der Waals surface area contributed by atoms with E-state index in [9.17, 15) is 14.4 Å². The summed E-state index contributed by atoms with van der Waals surface area (Å²) in [7, 11) is 1.59. The summed E-state index contributed by atoms with van der Waals surface area (Å²) in [5.74, 6) is -0.686. The summed E-state index contributed by atoms with van der Waals surface area (Å²) in [5, 5.41) is 11.4. The van der Waals surface area contributed by atoms with Crippen LogP contribution in [0.5, 0.6) is 5.75 Å². The van der Waals surface area contributed by atoms with Gasteiger partial charge in [-0.3, -0.25) is 14.5 Å². The first-order valence-electron chi connectivity index (χ1n) is 8.90. The van der Waals surface area contributed by atoms with Gasteiger partial charge in [-0.1, -0.05) is 30.4 Å². The molecule has 2 aromatic rings. The third kappa shape index (κ3) is 5.25. The van der Waals surface area contributed by atoms with Crippen LogP contribution in [0.3, 0.4) is 0 Å². The maximum Gasteiger partial charge on any atom is 0.335 e. The van der Waals surface area contributed by atoms with E-state index in [-0.39, 0.29) is 29.7 Å². The number of carboxylic acids is 1. The topological polar surface area (TPSA) is 95.9 Å². The zero-order valence-corrected chi connectivity index (χ0v) is 17.6. The van der Waals surface area contributed by atoms with Gasteiger partial charge < -0.3 is 15.2 Å². The number of benzene rings is 2. The Kier molecular flexibility index (Phi) is 6.86. The van der Waals surface area contributed by atoms with Crippen LogP contribution in [-0.2, 0) is 4.79 Å². The molecule has 0 radical (unpaired) electrons. The molecule has 0 spiro atoms. The predicted octanol–water partition coefficient (Wildman–Crippen LogP) is 4.26. The molecular formula is C21H18N2O5S2. The number of hydrogen-bond donors (Lipinski definition) is 2. The van der Waals surface area contributed by atoms with Gasteiger partial charge in [0.1, 0.15) is 10.7 Å². The number of carboxylic acid groups (broad SMARTS) is 1. The van der Waals surface area contributed by atoms with Crippen LogP contribution in [0.1, 0.15) is 22.3 Å². The van der Waals surface area contributed by atoms with Gasteiger partial charge in [-0.15, -0.1) is 0 Å². The molecule has 0 bridgehead atoms. The smallest absolute Gasteiger partial charge is 0.335 e. The standard InChI is InChI=1S/C21H18N2O5S2/c1-28-16-7-5-13(6-8-16)11-17-19(29)23(21(27)30-17)10-9-18(24)22-15-4-2-3-14(12-15)20(25)26/h2-8,11-12H,9-10H2,1H3,(H,22,24)(H,25,26)/b17-11+. The van der Waals surface area contributed by atoms with Crippen LogP contribution in [0, 0.1) is 0 Å². The minimum Gasteiger partial charge on any atom is -0.497 e. The van der Waals surface area contributed by atoms with Crippen molar-refractivity contribution in [2.45, 2.75) is 6.42 Å². The molecule has 154 valence electrons. The van der Waals surface area contributed by atoms with Crippen molar-refractivity contribution in [2.75, 3.05) is 19.0 Å². The number of aromatic carboxylic acids is 1. The third-order valence-electron chi connectivity index (χ3n) is 4.24. The number of thiocarbonyl (C=S) groups is 1. The molecule has 9 heteroatoms. The van der Waals surface area contributed by atoms with Crippen LogP contribution >= 0.6 is 24.0 Å². The molecule has 1 aliphatic heterocycles. The number of hydrogen-bond acceptors (Lipinski definition) is 6. The Morgan fingerprint density at radius 1 is 1.23 bits per heavy atom. The Hall–Kier alpha value is -3.17. The quantitative estimate of drug-likeness (QED) is 0.489. The fraction of sp³-hybridized carbons (Fsp3) is 0.143. The van der Waals surface area contributed by atoms with Gasteiger partial charge in [-0.2, -0.15) is 0 Å². The summed E-state index contributed by atoms with van der Waals surface area (Å²) in [6.07, 6.45) is 1.85. The van der Waals surface area contributed by atoms with E-state index in [1.165, 1.54) is 17.0 Å². The number of carbonyl (C=O) groups is 3. The van der Waals surface area contributed by atoms with Crippen LogP contribution in [0.2, 0.25) is 0 Å². The molecular weight excluding hydrogens is 424 g/mol. The van der Waals surface area contributed by atoms with E-state index < -0.39 is 5.97 Å². The lowest BCUT2D eigenvalue weighted by Gasteiger charge is -2.14. The van der Waals surface area contributed by atoms with Crippen LogP contribution in [0.4, 0.5) is 10.5 Å². The van der Waals surface area contributed by atoms with E-state index in [4.69, 9.17) is 22.1 Å². The van der Waals surface area contributed by atoms with Crippen LogP contribution in [0.25, 0.3) is 6.08 Å². The molecule has 3 rings (SSSR count). The molecule has 0 saturated carbocycles. The van der Waals surface area contributed by atoms with E-state index in [0.717, 1.165) is 23.1 Å². The van der Waals surface area contributed by atoms with E-state index in [2.05, 4.69) is 5.32 Å². The van der Waals surface area contributed by atoms with E-state index in [1.54, 1.807) is 19.2 Å². The number of methoxy groups -OCH3 is 1. The Labute approximate surface area is 182 Å². The molecule has 2 amide bonds. The van der Waals surface area contributed by atoms with E-state index >= 15 is 0 Å². The fourth-order valence-corrected chi connectivity index (χ4v) is 4.00. The van der Waals surface area contributed by atoms with Crippen molar-refractivity contribution in [3.8, 4) is 5.75 Å². The number of ether oxygens (including phenoxy) is 1. The van der Waals surface area contributed by atoms with Gasteiger partial charge in [0.2, 0.25) is 5.91 Å². The van der Waals surface area contributed by atoms with Crippen LogP contribution in [0.15, 0.2) is 53.4 Å². The highest BCUT2D eigenvalue weighted by Gasteiger charge is 2.31. The number of nitrogens with zero attached hydrogens (tertiary/aromatic N) is 1. The molecule has 0 aliphatic carbocycles. The van der Waals surface area contributed by atoms with Gasteiger partial charge in [-0.25, -0.2) is 4.79 Å². The number of rotatable bonds is 7. The lowest BCUT2D eigenvalue weighted by molar-refractivity contribution is -0.116. The SMILES string of the molecule is COc1ccc(/C=C2/SC(=O)N(CCC(=O)Nc3cccc(C(=O)O)c3)C2=S)cc1. The molecule has 0 aromatic heterocycles. The van der Waals surface area contributed by atoms with Gasteiger partial charge in [0.25, 0.3) is 5.24 Å². The van der Waals surface area contributed by atoms with Crippen molar-refractivity contribution in [3.63, 3.8) is 0 Å². The number of anilines is 1. The minimum atomic E-state index is -1.08. The van der Waals surface area contributed by atoms with Crippen molar-refractivity contribution >= 4 is 57.8 Å². The minimum absolute atomic E-state index is 0.0273. The normalized spacial score (nSPS) is 14.8. The monoisotopic (exact) mass is 442 g/mol. The van der Waals surface area contributed by atoms with E-state index in [1.807, 2.05) is 30.3 Å². The number of amides is 2. The average Bonchev–Trinajstić information content (AvgIpc) is 2.99. The second-order valence-electron chi connectivity index (χ2n) is 6.29. The first-order valence-corrected chi connectivity index (χ1v) is 10.1. The van der Waals surface area contributed by atoms with Crippen molar-refractivity contribution in [3.05, 3.63) is 64.6 Å². The summed E-state index contributed by atoms with van der Waals surface area (Å²) in [4.78, 5) is 38.0. The average molecular weight is 443 g/mol. The summed E-state index contributed by atoms with van der Waals surface area (Å²) < 4.78 is 5.13. The van der Waals surface area contributed by atoms with Crippen molar-refractivity contribution in [1.29, 1.82) is 0 Å². The molecule has 1 saturated heterocycles. The Morgan fingerprint density at radius 3 is 2.63 bits per heavy atom. The Balaban J connectivity index is 1.60. The highest BCUT2D eigenvalue weighted by molar-refractivity contribution is 8.19.